The Kier molecular flexibility index (Phi) is 5.14. The zero-order valence-electron chi connectivity index (χ0n) is 14.5. The maximum atomic E-state index is 12.7. The average molecular weight is 402 g/mol. The third-order valence-corrected chi connectivity index (χ3v) is 5.06. The van der Waals surface area contributed by atoms with Crippen molar-refractivity contribution in [2.45, 2.75) is 5.09 Å². The molecule has 144 valence electrons. The lowest BCUT2D eigenvalue weighted by molar-refractivity contribution is -0.383. The van der Waals surface area contributed by atoms with Crippen molar-refractivity contribution in [3.8, 4) is 5.75 Å². The molecule has 0 aliphatic rings. The smallest absolute Gasteiger partial charge is 0.295 e. The van der Waals surface area contributed by atoms with Crippen LogP contribution in [-0.4, -0.2) is 26.2 Å². The summed E-state index contributed by atoms with van der Waals surface area (Å²) < 4.78 is 36.6. The predicted molar refractivity (Wildman–Crippen MR) is 99.0 cm³/mol. The van der Waals surface area contributed by atoms with Crippen LogP contribution in [0.2, 0.25) is 0 Å². The summed E-state index contributed by atoms with van der Waals surface area (Å²) in [4.78, 5) is 23.2. The quantitative estimate of drug-likeness (QED) is 0.365. The molecule has 28 heavy (non-hydrogen) atoms. The molecule has 0 unspecified atom stereocenters. The van der Waals surface area contributed by atoms with Gasteiger partial charge in [-0.3, -0.25) is 19.6 Å². The standard InChI is InChI=1S/C18H14N2O7S/c1-26-14-7-4-12(5-8-14)18(21)13-6-9-16(20(22)23)15(11-13)19-28(24,25)17-3-2-10-27-17/h2-11,19H,1H3. The van der Waals surface area contributed by atoms with Crippen molar-refractivity contribution in [2.75, 3.05) is 11.8 Å². The minimum atomic E-state index is -4.19. The van der Waals surface area contributed by atoms with E-state index >= 15 is 0 Å². The number of nitro groups is 1. The highest BCUT2D eigenvalue weighted by molar-refractivity contribution is 7.92. The fraction of sp³-hybridized carbons (Fsp3) is 0.0556. The van der Waals surface area contributed by atoms with E-state index in [0.717, 1.165) is 18.4 Å². The molecule has 0 spiro atoms. The lowest BCUT2D eigenvalue weighted by Crippen LogP contribution is -2.14. The summed E-state index contributed by atoms with van der Waals surface area (Å²) in [6, 6.07) is 12.3. The Bertz CT molecular complexity index is 1120. The van der Waals surface area contributed by atoms with E-state index in [2.05, 4.69) is 4.72 Å². The van der Waals surface area contributed by atoms with Crippen molar-refractivity contribution in [3.05, 3.63) is 82.1 Å². The van der Waals surface area contributed by atoms with Gasteiger partial charge in [0, 0.05) is 17.2 Å². The number of sulfonamides is 1. The van der Waals surface area contributed by atoms with Crippen LogP contribution in [0.25, 0.3) is 0 Å². The van der Waals surface area contributed by atoms with Gasteiger partial charge in [0.05, 0.1) is 18.3 Å². The number of hydrogen-bond acceptors (Lipinski definition) is 7. The fourth-order valence-electron chi connectivity index (χ4n) is 2.44. The Labute approximate surface area is 159 Å². The van der Waals surface area contributed by atoms with E-state index in [1.165, 1.54) is 37.4 Å². The number of hydrogen-bond donors (Lipinski definition) is 1. The molecule has 1 N–H and O–H groups in total. The largest absolute Gasteiger partial charge is 0.497 e. The van der Waals surface area contributed by atoms with Gasteiger partial charge in [-0.15, -0.1) is 0 Å². The van der Waals surface area contributed by atoms with Crippen molar-refractivity contribution in [3.63, 3.8) is 0 Å². The van der Waals surface area contributed by atoms with E-state index in [9.17, 15) is 23.3 Å². The first-order valence-corrected chi connectivity index (χ1v) is 9.33. The molecule has 0 fully saturated rings. The molecular weight excluding hydrogens is 388 g/mol. The third kappa shape index (κ3) is 3.86. The van der Waals surface area contributed by atoms with E-state index in [1.807, 2.05) is 0 Å². The van der Waals surface area contributed by atoms with Crippen LogP contribution in [0.4, 0.5) is 11.4 Å². The fourth-order valence-corrected chi connectivity index (χ4v) is 3.43. The second kappa shape index (κ2) is 7.53. The van der Waals surface area contributed by atoms with E-state index in [4.69, 9.17) is 9.15 Å². The molecule has 0 saturated heterocycles. The number of nitrogens with one attached hydrogen (secondary N) is 1. The number of nitrogens with zero attached hydrogens (tertiary/aromatic N) is 1. The predicted octanol–water partition coefficient (Wildman–Crippen LogP) is 3.23. The molecule has 2 aromatic carbocycles. The second-order valence-electron chi connectivity index (χ2n) is 5.58. The molecule has 1 heterocycles. The maximum absolute atomic E-state index is 12.7. The molecule has 0 atom stereocenters. The number of ether oxygens (including phenoxy) is 1. The molecule has 0 aliphatic carbocycles. The highest BCUT2D eigenvalue weighted by Crippen LogP contribution is 2.29. The van der Waals surface area contributed by atoms with Gasteiger partial charge in [-0.1, -0.05) is 0 Å². The molecular formula is C18H14N2O7S. The highest BCUT2D eigenvalue weighted by atomic mass is 32.2. The van der Waals surface area contributed by atoms with Crippen LogP contribution in [-0.2, 0) is 10.0 Å². The number of methoxy groups -OCH3 is 1. The van der Waals surface area contributed by atoms with Gasteiger partial charge in [0.25, 0.3) is 15.7 Å². The van der Waals surface area contributed by atoms with Gasteiger partial charge < -0.3 is 9.15 Å². The van der Waals surface area contributed by atoms with Crippen LogP contribution in [0, 0.1) is 10.1 Å². The van der Waals surface area contributed by atoms with Gasteiger partial charge in [0.2, 0.25) is 5.09 Å². The number of ketones is 1. The molecule has 0 amide bonds. The Morgan fingerprint density at radius 3 is 2.36 bits per heavy atom. The van der Waals surface area contributed by atoms with E-state index in [-0.39, 0.29) is 11.3 Å². The topological polar surface area (TPSA) is 129 Å². The second-order valence-corrected chi connectivity index (χ2v) is 7.20. The van der Waals surface area contributed by atoms with Gasteiger partial charge in [-0.25, -0.2) is 0 Å². The van der Waals surface area contributed by atoms with Crippen LogP contribution in [0.15, 0.2) is 70.4 Å². The molecule has 0 aliphatic heterocycles. The summed E-state index contributed by atoms with van der Waals surface area (Å²) in [6.45, 7) is 0. The zero-order chi connectivity index (χ0) is 20.3. The van der Waals surface area contributed by atoms with E-state index in [1.54, 1.807) is 12.1 Å². The van der Waals surface area contributed by atoms with Crippen molar-refractivity contribution in [2.24, 2.45) is 0 Å². The Balaban J connectivity index is 1.99. The summed E-state index contributed by atoms with van der Waals surface area (Å²) in [6.07, 6.45) is 1.16. The molecule has 0 saturated carbocycles. The van der Waals surface area contributed by atoms with Gasteiger partial charge in [-0.05, 0) is 48.5 Å². The van der Waals surface area contributed by atoms with Gasteiger partial charge in [0.1, 0.15) is 11.4 Å². The molecule has 3 rings (SSSR count). The monoisotopic (exact) mass is 402 g/mol. The van der Waals surface area contributed by atoms with Crippen molar-refractivity contribution >= 4 is 27.2 Å². The molecule has 9 nitrogen and oxygen atoms in total. The normalized spacial score (nSPS) is 11.0. The summed E-state index contributed by atoms with van der Waals surface area (Å²) in [5.41, 5.74) is -0.454. The average Bonchev–Trinajstić information content (AvgIpc) is 3.23. The number of carbonyl (C=O) groups is 1. The zero-order valence-corrected chi connectivity index (χ0v) is 15.3. The first-order chi connectivity index (χ1) is 13.3. The Morgan fingerprint density at radius 1 is 1.11 bits per heavy atom. The van der Waals surface area contributed by atoms with Crippen LogP contribution < -0.4 is 9.46 Å². The van der Waals surface area contributed by atoms with Crippen LogP contribution in [0.5, 0.6) is 5.75 Å². The minimum Gasteiger partial charge on any atom is -0.497 e. The van der Waals surface area contributed by atoms with E-state index in [0.29, 0.717) is 11.3 Å². The third-order valence-electron chi connectivity index (χ3n) is 3.81. The molecule has 3 aromatic rings. The van der Waals surface area contributed by atoms with Crippen molar-refractivity contribution < 1.29 is 27.3 Å². The summed E-state index contributed by atoms with van der Waals surface area (Å²) in [7, 11) is -2.70. The van der Waals surface area contributed by atoms with Crippen LogP contribution in [0.3, 0.4) is 0 Å². The number of benzene rings is 2. The van der Waals surface area contributed by atoms with Crippen molar-refractivity contribution in [1.82, 2.24) is 0 Å². The first kappa shape index (κ1) is 19.1. The van der Waals surface area contributed by atoms with Gasteiger partial charge >= 0.3 is 0 Å². The Hall–Kier alpha value is -3.66. The number of nitro benzene ring substituents is 1. The summed E-state index contributed by atoms with van der Waals surface area (Å²) in [5, 5.41) is 10.9. The molecule has 0 bridgehead atoms. The molecule has 1 aromatic heterocycles. The SMILES string of the molecule is COc1ccc(C(=O)c2ccc([N+](=O)[O-])c(NS(=O)(=O)c3ccco3)c2)cc1. The van der Waals surface area contributed by atoms with Crippen LogP contribution >= 0.6 is 0 Å². The summed E-state index contributed by atoms with van der Waals surface area (Å²) >= 11 is 0. The lowest BCUT2D eigenvalue weighted by atomic mass is 10.0. The number of anilines is 1. The number of furan rings is 1. The highest BCUT2D eigenvalue weighted by Gasteiger charge is 2.24. The van der Waals surface area contributed by atoms with Crippen LogP contribution in [0.1, 0.15) is 15.9 Å². The van der Waals surface area contributed by atoms with Crippen molar-refractivity contribution in [1.29, 1.82) is 0 Å². The summed E-state index contributed by atoms with van der Waals surface area (Å²) in [5.74, 6) is 0.128. The lowest BCUT2D eigenvalue weighted by Gasteiger charge is -2.09. The van der Waals surface area contributed by atoms with Gasteiger partial charge in [-0.2, -0.15) is 8.42 Å². The first-order valence-electron chi connectivity index (χ1n) is 7.85. The van der Waals surface area contributed by atoms with Gasteiger partial charge in [0.15, 0.2) is 5.78 Å². The molecule has 0 radical (unpaired) electrons. The Morgan fingerprint density at radius 2 is 1.79 bits per heavy atom. The molecule has 10 heteroatoms. The maximum Gasteiger partial charge on any atom is 0.295 e. The number of carbonyl (C=O) groups excluding carboxylic acids is 1. The number of rotatable bonds is 7. The minimum absolute atomic E-state index is 0.0768. The van der Waals surface area contributed by atoms with E-state index < -0.39 is 31.5 Å².